The molecule has 2 aromatic rings. The third-order valence-electron chi connectivity index (χ3n) is 3.53. The molecule has 1 atom stereocenters. The molecule has 4 rings (SSSR count). The Labute approximate surface area is 129 Å². The van der Waals surface area contributed by atoms with Crippen LogP contribution < -0.4 is 20.1 Å². The Kier molecular flexibility index (Phi) is 2.78. The zero-order valence-electron chi connectivity index (χ0n) is 10.9. The molecule has 2 aromatic carbocycles. The Balaban J connectivity index is 1.73. The fraction of sp³-hybridized carbons (Fsp3) is 0.133. The summed E-state index contributed by atoms with van der Waals surface area (Å²) in [5.74, 6) is 1.28. The molecule has 0 radical (unpaired) electrons. The molecule has 0 aromatic heterocycles. The Hall–Kier alpha value is -2.21. The number of para-hydroxylation sites is 1. The van der Waals surface area contributed by atoms with E-state index in [0.29, 0.717) is 17.1 Å². The molecule has 0 fully saturated rings. The lowest BCUT2D eigenvalue weighted by Crippen LogP contribution is -2.38. The summed E-state index contributed by atoms with van der Waals surface area (Å²) in [5, 5.41) is 6.25. The first-order valence-corrected chi connectivity index (χ1v) is 7.27. The number of ether oxygens (including phenoxy) is 2. The average Bonchev–Trinajstić information content (AvgIpc) is 2.96. The van der Waals surface area contributed by atoms with Gasteiger partial charge in [0, 0.05) is 5.69 Å². The lowest BCUT2D eigenvalue weighted by atomic mass is 10.1. The molecular formula is C15H11BrN2O3. The molecule has 0 unspecified atom stereocenters. The van der Waals surface area contributed by atoms with Gasteiger partial charge in [-0.2, -0.15) is 0 Å². The van der Waals surface area contributed by atoms with Crippen molar-refractivity contribution in [2.75, 3.05) is 12.1 Å². The van der Waals surface area contributed by atoms with E-state index in [2.05, 4.69) is 26.6 Å². The Morgan fingerprint density at radius 1 is 1.14 bits per heavy atom. The number of nitrogens with one attached hydrogen (secondary N) is 2. The van der Waals surface area contributed by atoms with Crippen LogP contribution in [0.5, 0.6) is 11.5 Å². The highest BCUT2D eigenvalue weighted by Crippen LogP contribution is 2.41. The zero-order chi connectivity index (χ0) is 14.4. The van der Waals surface area contributed by atoms with Crippen LogP contribution in [-0.4, -0.2) is 12.7 Å². The summed E-state index contributed by atoms with van der Waals surface area (Å²) in [5.41, 5.74) is 2.36. The number of fused-ring (bicyclic) bond motifs is 2. The topological polar surface area (TPSA) is 59.6 Å². The van der Waals surface area contributed by atoms with Gasteiger partial charge in [-0.25, -0.2) is 0 Å². The van der Waals surface area contributed by atoms with E-state index in [1.54, 1.807) is 6.07 Å². The minimum absolute atomic E-state index is 0.0943. The highest BCUT2D eigenvalue weighted by molar-refractivity contribution is 9.10. The van der Waals surface area contributed by atoms with Crippen LogP contribution in [0.4, 0.5) is 5.69 Å². The van der Waals surface area contributed by atoms with Gasteiger partial charge in [0.25, 0.3) is 5.91 Å². The van der Waals surface area contributed by atoms with Gasteiger partial charge in [0.15, 0.2) is 11.5 Å². The quantitative estimate of drug-likeness (QED) is 0.833. The first kappa shape index (κ1) is 12.5. The zero-order valence-corrected chi connectivity index (χ0v) is 12.4. The van der Waals surface area contributed by atoms with Gasteiger partial charge in [-0.1, -0.05) is 12.1 Å². The maximum absolute atomic E-state index is 12.2. The van der Waals surface area contributed by atoms with Crippen LogP contribution in [0.2, 0.25) is 0 Å². The van der Waals surface area contributed by atoms with Crippen LogP contribution in [0.3, 0.4) is 0 Å². The number of carbonyl (C=O) groups excluding carboxylic acids is 1. The summed E-state index contributed by atoms with van der Waals surface area (Å²) in [6.45, 7) is 0.213. The number of hydrogen-bond donors (Lipinski definition) is 2. The number of rotatable bonds is 1. The molecule has 2 aliphatic heterocycles. The first-order valence-electron chi connectivity index (χ1n) is 6.48. The maximum Gasteiger partial charge on any atom is 0.255 e. The summed E-state index contributed by atoms with van der Waals surface area (Å²) in [7, 11) is 0. The molecular weight excluding hydrogens is 336 g/mol. The lowest BCUT2D eigenvalue weighted by Gasteiger charge is -2.28. The van der Waals surface area contributed by atoms with E-state index < -0.39 is 0 Å². The number of benzene rings is 2. The van der Waals surface area contributed by atoms with Crippen LogP contribution in [0.1, 0.15) is 22.1 Å². The molecule has 0 aliphatic carbocycles. The Morgan fingerprint density at radius 2 is 2.00 bits per heavy atom. The van der Waals surface area contributed by atoms with Crippen LogP contribution in [0, 0.1) is 0 Å². The van der Waals surface area contributed by atoms with Crippen LogP contribution >= 0.6 is 15.9 Å². The smallest absolute Gasteiger partial charge is 0.255 e. The van der Waals surface area contributed by atoms with E-state index in [9.17, 15) is 4.79 Å². The van der Waals surface area contributed by atoms with Gasteiger partial charge in [0.1, 0.15) is 6.17 Å². The monoisotopic (exact) mass is 346 g/mol. The SMILES string of the molecule is O=C1N[C@H](c2cc(Br)c3c(c2)OCO3)Nc2ccccc21. The number of halogens is 1. The Morgan fingerprint density at radius 3 is 2.90 bits per heavy atom. The fourth-order valence-electron chi connectivity index (χ4n) is 2.53. The minimum Gasteiger partial charge on any atom is -0.454 e. The van der Waals surface area contributed by atoms with Crippen LogP contribution in [0.15, 0.2) is 40.9 Å². The lowest BCUT2D eigenvalue weighted by molar-refractivity contribution is 0.0935. The van der Waals surface area contributed by atoms with Gasteiger partial charge < -0.3 is 20.1 Å². The van der Waals surface area contributed by atoms with E-state index in [4.69, 9.17) is 9.47 Å². The van der Waals surface area contributed by atoms with E-state index in [1.807, 2.05) is 30.3 Å². The predicted molar refractivity (Wildman–Crippen MR) is 80.5 cm³/mol. The van der Waals surface area contributed by atoms with Gasteiger partial charge in [0.2, 0.25) is 6.79 Å². The van der Waals surface area contributed by atoms with Crippen LogP contribution in [-0.2, 0) is 0 Å². The second-order valence-corrected chi connectivity index (χ2v) is 5.69. The molecule has 0 saturated heterocycles. The third kappa shape index (κ3) is 2.03. The molecule has 2 heterocycles. The van der Waals surface area contributed by atoms with E-state index in [1.165, 1.54) is 0 Å². The van der Waals surface area contributed by atoms with Gasteiger partial charge in [-0.3, -0.25) is 4.79 Å². The highest BCUT2D eigenvalue weighted by Gasteiger charge is 2.27. The molecule has 0 saturated carbocycles. The molecule has 21 heavy (non-hydrogen) atoms. The molecule has 2 aliphatic rings. The summed E-state index contributed by atoms with van der Waals surface area (Å²) in [6, 6.07) is 11.2. The van der Waals surface area contributed by atoms with Crippen molar-refractivity contribution in [3.63, 3.8) is 0 Å². The van der Waals surface area contributed by atoms with Crippen molar-refractivity contribution in [1.29, 1.82) is 0 Å². The number of amides is 1. The summed E-state index contributed by atoms with van der Waals surface area (Å²) in [4.78, 5) is 12.2. The van der Waals surface area contributed by atoms with E-state index >= 15 is 0 Å². The minimum atomic E-state index is -0.307. The van der Waals surface area contributed by atoms with Crippen molar-refractivity contribution in [3.05, 3.63) is 52.0 Å². The fourth-order valence-corrected chi connectivity index (χ4v) is 3.10. The molecule has 0 spiro atoms. The van der Waals surface area contributed by atoms with Gasteiger partial charge in [-0.15, -0.1) is 0 Å². The van der Waals surface area contributed by atoms with Crippen molar-refractivity contribution in [1.82, 2.24) is 5.32 Å². The average molecular weight is 347 g/mol. The number of anilines is 1. The largest absolute Gasteiger partial charge is 0.454 e. The van der Waals surface area contributed by atoms with Crippen molar-refractivity contribution in [2.24, 2.45) is 0 Å². The summed E-state index contributed by atoms with van der Waals surface area (Å²) in [6.07, 6.45) is -0.307. The predicted octanol–water partition coefficient (Wildman–Crippen LogP) is 3.03. The number of carbonyl (C=O) groups is 1. The molecule has 6 heteroatoms. The highest BCUT2D eigenvalue weighted by atomic mass is 79.9. The molecule has 2 N–H and O–H groups in total. The van der Waals surface area contributed by atoms with Crippen molar-refractivity contribution in [3.8, 4) is 11.5 Å². The maximum atomic E-state index is 12.2. The second kappa shape index (κ2) is 4.66. The van der Waals surface area contributed by atoms with E-state index in [-0.39, 0.29) is 18.9 Å². The molecule has 5 nitrogen and oxygen atoms in total. The normalized spacial score (nSPS) is 18.7. The number of hydrogen-bond acceptors (Lipinski definition) is 4. The van der Waals surface area contributed by atoms with Gasteiger partial charge in [-0.05, 0) is 45.8 Å². The molecule has 1 amide bonds. The molecule has 0 bridgehead atoms. The third-order valence-corrected chi connectivity index (χ3v) is 4.12. The molecule has 106 valence electrons. The Bertz CT molecular complexity index is 748. The van der Waals surface area contributed by atoms with Gasteiger partial charge in [0.05, 0.1) is 10.0 Å². The van der Waals surface area contributed by atoms with E-state index in [0.717, 1.165) is 15.7 Å². The van der Waals surface area contributed by atoms with Gasteiger partial charge >= 0.3 is 0 Å². The standard InChI is InChI=1S/C15H11BrN2O3/c16-10-5-8(6-12-13(10)21-7-20-12)14-17-11-4-2-1-3-9(11)15(19)18-14/h1-6,14,17H,7H2,(H,18,19)/t14-/m1/s1. The first-order chi connectivity index (χ1) is 10.2. The van der Waals surface area contributed by atoms with Crippen molar-refractivity contribution < 1.29 is 14.3 Å². The summed E-state index contributed by atoms with van der Waals surface area (Å²) >= 11 is 3.47. The van der Waals surface area contributed by atoms with Crippen LogP contribution in [0.25, 0.3) is 0 Å². The second-order valence-electron chi connectivity index (χ2n) is 4.83. The summed E-state index contributed by atoms with van der Waals surface area (Å²) < 4.78 is 11.6. The van der Waals surface area contributed by atoms with Crippen molar-refractivity contribution in [2.45, 2.75) is 6.17 Å². The van der Waals surface area contributed by atoms with Crippen molar-refractivity contribution >= 4 is 27.5 Å².